The minimum absolute atomic E-state index is 0.0772. The van der Waals surface area contributed by atoms with Crippen molar-refractivity contribution in [1.29, 1.82) is 5.26 Å². The van der Waals surface area contributed by atoms with E-state index >= 15 is 0 Å². The monoisotopic (exact) mass is 216 g/mol. The summed E-state index contributed by atoms with van der Waals surface area (Å²) in [4.78, 5) is 3.85. The Morgan fingerprint density at radius 3 is 2.71 bits per heavy atom. The van der Waals surface area contributed by atoms with Gasteiger partial charge in [0.15, 0.2) is 0 Å². The molecule has 0 unspecified atom stereocenters. The molecule has 0 atom stereocenters. The molecule has 0 saturated heterocycles. The lowest BCUT2D eigenvalue weighted by Crippen LogP contribution is -2.00. The standard InChI is InChI=1S/C9H7ClF2N2/c1-5-6(4-13)2-7(9(11)12)8(3-10)14-5/h2,9H,3H2,1H3. The van der Waals surface area contributed by atoms with Gasteiger partial charge in [-0.1, -0.05) is 0 Å². The van der Waals surface area contributed by atoms with Gasteiger partial charge < -0.3 is 0 Å². The van der Waals surface area contributed by atoms with E-state index in [0.717, 1.165) is 6.07 Å². The molecule has 1 heterocycles. The quantitative estimate of drug-likeness (QED) is 0.713. The van der Waals surface area contributed by atoms with E-state index in [1.807, 2.05) is 0 Å². The number of rotatable bonds is 2. The van der Waals surface area contributed by atoms with Crippen LogP contribution in [0.2, 0.25) is 0 Å². The minimum Gasteiger partial charge on any atom is -0.255 e. The third kappa shape index (κ3) is 1.99. The molecule has 0 amide bonds. The molecule has 0 N–H and O–H groups in total. The van der Waals surface area contributed by atoms with Gasteiger partial charge in [-0.2, -0.15) is 5.26 Å². The molecule has 1 aromatic rings. The summed E-state index contributed by atoms with van der Waals surface area (Å²) < 4.78 is 24.9. The minimum atomic E-state index is -2.65. The summed E-state index contributed by atoms with van der Waals surface area (Å²) in [5.41, 5.74) is 0.460. The predicted molar refractivity (Wildman–Crippen MR) is 48.2 cm³/mol. The normalized spacial score (nSPS) is 10.3. The number of aromatic nitrogens is 1. The Morgan fingerprint density at radius 2 is 2.29 bits per heavy atom. The first-order valence-electron chi connectivity index (χ1n) is 3.84. The molecule has 1 aromatic heterocycles. The van der Waals surface area contributed by atoms with Gasteiger partial charge in [0.05, 0.1) is 22.8 Å². The largest absolute Gasteiger partial charge is 0.265 e. The molecule has 0 aromatic carbocycles. The molecule has 0 saturated carbocycles. The van der Waals surface area contributed by atoms with Crippen LogP contribution >= 0.6 is 11.6 Å². The summed E-state index contributed by atoms with van der Waals surface area (Å²) in [6.07, 6.45) is -2.65. The second kappa shape index (κ2) is 4.34. The maximum Gasteiger partial charge on any atom is 0.265 e. The lowest BCUT2D eigenvalue weighted by Gasteiger charge is -2.07. The van der Waals surface area contributed by atoms with Crippen molar-refractivity contribution in [2.45, 2.75) is 19.2 Å². The van der Waals surface area contributed by atoms with Crippen LogP contribution < -0.4 is 0 Å². The van der Waals surface area contributed by atoms with Crippen LogP contribution in [0.25, 0.3) is 0 Å². The molecule has 0 aliphatic carbocycles. The lowest BCUT2D eigenvalue weighted by molar-refractivity contribution is 0.150. The van der Waals surface area contributed by atoms with Gasteiger partial charge in [-0.05, 0) is 13.0 Å². The average Bonchev–Trinajstić information content (AvgIpc) is 2.16. The molecule has 2 nitrogen and oxygen atoms in total. The van der Waals surface area contributed by atoms with Crippen molar-refractivity contribution in [3.8, 4) is 6.07 Å². The van der Waals surface area contributed by atoms with Crippen LogP contribution in [0.1, 0.15) is 28.9 Å². The van der Waals surface area contributed by atoms with E-state index in [2.05, 4.69) is 4.98 Å². The fourth-order valence-corrected chi connectivity index (χ4v) is 1.29. The maximum atomic E-state index is 12.5. The number of pyridine rings is 1. The second-order valence-electron chi connectivity index (χ2n) is 2.70. The van der Waals surface area contributed by atoms with Crippen LogP contribution in [0.15, 0.2) is 6.07 Å². The number of hydrogen-bond donors (Lipinski definition) is 0. The van der Waals surface area contributed by atoms with Crippen molar-refractivity contribution in [3.05, 3.63) is 28.6 Å². The van der Waals surface area contributed by atoms with Crippen LogP contribution in [0, 0.1) is 18.3 Å². The van der Waals surface area contributed by atoms with E-state index in [-0.39, 0.29) is 22.7 Å². The van der Waals surface area contributed by atoms with Gasteiger partial charge in [-0.25, -0.2) is 8.78 Å². The van der Waals surface area contributed by atoms with Crippen molar-refractivity contribution in [1.82, 2.24) is 4.98 Å². The molecule has 0 aliphatic heterocycles. The molecular weight excluding hydrogens is 210 g/mol. The van der Waals surface area contributed by atoms with Crippen molar-refractivity contribution < 1.29 is 8.78 Å². The topological polar surface area (TPSA) is 36.7 Å². The third-order valence-corrected chi connectivity index (χ3v) is 2.06. The first kappa shape index (κ1) is 10.9. The van der Waals surface area contributed by atoms with Gasteiger partial charge in [0.2, 0.25) is 0 Å². The highest BCUT2D eigenvalue weighted by Gasteiger charge is 2.16. The highest BCUT2D eigenvalue weighted by molar-refractivity contribution is 6.17. The van der Waals surface area contributed by atoms with Gasteiger partial charge in [-0.3, -0.25) is 4.98 Å². The fourth-order valence-electron chi connectivity index (χ4n) is 1.08. The Bertz CT molecular complexity index is 385. The molecule has 5 heteroatoms. The van der Waals surface area contributed by atoms with Gasteiger partial charge in [0, 0.05) is 5.56 Å². The van der Waals surface area contributed by atoms with Crippen LogP contribution in [0.4, 0.5) is 8.78 Å². The Morgan fingerprint density at radius 1 is 1.64 bits per heavy atom. The van der Waals surface area contributed by atoms with E-state index in [9.17, 15) is 8.78 Å². The number of nitrogens with zero attached hydrogens (tertiary/aromatic N) is 2. The molecule has 0 bridgehead atoms. The number of nitriles is 1. The Labute approximate surface area is 85.1 Å². The average molecular weight is 217 g/mol. The van der Waals surface area contributed by atoms with E-state index in [0.29, 0.717) is 5.69 Å². The lowest BCUT2D eigenvalue weighted by atomic mass is 10.1. The van der Waals surface area contributed by atoms with E-state index in [1.54, 1.807) is 13.0 Å². The van der Waals surface area contributed by atoms with Gasteiger partial charge in [-0.15, -0.1) is 11.6 Å². The van der Waals surface area contributed by atoms with E-state index < -0.39 is 6.43 Å². The molecule has 0 fully saturated rings. The Balaban J connectivity index is 3.34. The van der Waals surface area contributed by atoms with Crippen molar-refractivity contribution >= 4 is 11.6 Å². The van der Waals surface area contributed by atoms with Crippen LogP contribution in [-0.4, -0.2) is 4.98 Å². The number of alkyl halides is 3. The number of halogens is 3. The van der Waals surface area contributed by atoms with Crippen molar-refractivity contribution in [2.75, 3.05) is 0 Å². The highest BCUT2D eigenvalue weighted by atomic mass is 35.5. The smallest absolute Gasteiger partial charge is 0.255 e. The zero-order chi connectivity index (χ0) is 10.7. The van der Waals surface area contributed by atoms with Crippen molar-refractivity contribution in [2.24, 2.45) is 0 Å². The third-order valence-electron chi connectivity index (χ3n) is 1.81. The second-order valence-corrected chi connectivity index (χ2v) is 2.97. The molecular formula is C9H7ClF2N2. The Hall–Kier alpha value is -1.21. The molecule has 14 heavy (non-hydrogen) atoms. The van der Waals surface area contributed by atoms with E-state index in [1.165, 1.54) is 0 Å². The van der Waals surface area contributed by atoms with Crippen LogP contribution in [0.3, 0.4) is 0 Å². The summed E-state index contributed by atoms with van der Waals surface area (Å²) in [5, 5.41) is 8.62. The fraction of sp³-hybridized carbons (Fsp3) is 0.333. The molecule has 1 rings (SSSR count). The van der Waals surface area contributed by atoms with E-state index in [4.69, 9.17) is 16.9 Å². The SMILES string of the molecule is Cc1nc(CCl)c(C(F)F)cc1C#N. The zero-order valence-electron chi connectivity index (χ0n) is 7.39. The molecule has 0 spiro atoms. The zero-order valence-corrected chi connectivity index (χ0v) is 8.15. The molecule has 0 aliphatic rings. The summed E-state index contributed by atoms with van der Waals surface area (Å²) in [7, 11) is 0. The van der Waals surface area contributed by atoms with Gasteiger partial charge in [0.1, 0.15) is 6.07 Å². The Kier molecular flexibility index (Phi) is 3.37. The van der Waals surface area contributed by atoms with Crippen molar-refractivity contribution in [3.63, 3.8) is 0 Å². The summed E-state index contributed by atoms with van der Waals surface area (Å²) >= 11 is 5.46. The summed E-state index contributed by atoms with van der Waals surface area (Å²) in [6.45, 7) is 1.59. The first-order chi connectivity index (χ1) is 6.60. The first-order valence-corrected chi connectivity index (χ1v) is 4.38. The van der Waals surface area contributed by atoms with Gasteiger partial charge in [0.25, 0.3) is 6.43 Å². The highest BCUT2D eigenvalue weighted by Crippen LogP contribution is 2.24. The summed E-state index contributed by atoms with van der Waals surface area (Å²) in [6, 6.07) is 2.95. The molecule has 74 valence electrons. The molecule has 0 radical (unpaired) electrons. The van der Waals surface area contributed by atoms with Gasteiger partial charge >= 0.3 is 0 Å². The van der Waals surface area contributed by atoms with Crippen LogP contribution in [0.5, 0.6) is 0 Å². The number of aryl methyl sites for hydroxylation is 1. The summed E-state index contributed by atoms with van der Waals surface area (Å²) in [5.74, 6) is -0.0772. The number of hydrogen-bond acceptors (Lipinski definition) is 2. The maximum absolute atomic E-state index is 12.5. The van der Waals surface area contributed by atoms with Crippen LogP contribution in [-0.2, 0) is 5.88 Å². The predicted octanol–water partition coefficient (Wildman–Crippen LogP) is 2.94.